The van der Waals surface area contributed by atoms with Gasteiger partial charge in [0.1, 0.15) is 12.4 Å². The van der Waals surface area contributed by atoms with Crippen LogP contribution in [0.4, 0.5) is 0 Å². The summed E-state index contributed by atoms with van der Waals surface area (Å²) in [7, 11) is 0. The maximum atomic E-state index is 6.05. The maximum absolute atomic E-state index is 6.05. The summed E-state index contributed by atoms with van der Waals surface area (Å²) in [4.78, 5) is 4.08. The highest BCUT2D eigenvalue weighted by molar-refractivity contribution is 6.30. The van der Waals surface area contributed by atoms with Crippen LogP contribution in [0.2, 0.25) is 5.02 Å². The average Bonchev–Trinajstić information content (AvgIpc) is 2.48. The number of halogens is 1. The summed E-state index contributed by atoms with van der Waals surface area (Å²) in [6.07, 6.45) is 4.67. The number of aromatic nitrogens is 1. The third kappa shape index (κ3) is 4.51. The van der Waals surface area contributed by atoms with Crippen molar-refractivity contribution in [3.63, 3.8) is 0 Å². The average molecular weight is 291 g/mol. The van der Waals surface area contributed by atoms with Crippen LogP contribution in [0.3, 0.4) is 0 Å². The number of hydrogen-bond acceptors (Lipinski definition) is 3. The molecule has 106 valence electrons. The van der Waals surface area contributed by atoms with Gasteiger partial charge in [0.2, 0.25) is 0 Å². The molecular formula is C16H19ClN2O. The first-order chi connectivity index (χ1) is 9.79. The molecule has 1 heterocycles. The molecule has 4 heteroatoms. The molecule has 0 atom stereocenters. The lowest BCUT2D eigenvalue weighted by molar-refractivity contribution is 0.301. The molecular weight excluding hydrogens is 272 g/mol. The standard InChI is InChI=1S/C16H19ClN2O/c1-2-7-18-11-14-9-15(17)5-6-16(14)20-12-13-4-3-8-19-10-13/h3-6,8-10,18H,2,7,11-12H2,1H3. The van der Waals surface area contributed by atoms with Crippen molar-refractivity contribution in [3.05, 3.63) is 58.9 Å². The molecule has 3 nitrogen and oxygen atoms in total. The van der Waals surface area contributed by atoms with Crippen LogP contribution in [0.5, 0.6) is 5.75 Å². The highest BCUT2D eigenvalue weighted by Crippen LogP contribution is 2.23. The Morgan fingerprint density at radius 1 is 1.30 bits per heavy atom. The van der Waals surface area contributed by atoms with Crippen molar-refractivity contribution in [2.24, 2.45) is 0 Å². The zero-order chi connectivity index (χ0) is 14.2. The van der Waals surface area contributed by atoms with E-state index >= 15 is 0 Å². The Kier molecular flexibility index (Phi) is 5.84. The third-order valence-corrected chi connectivity index (χ3v) is 3.12. The Morgan fingerprint density at radius 2 is 2.20 bits per heavy atom. The smallest absolute Gasteiger partial charge is 0.124 e. The van der Waals surface area contributed by atoms with Crippen LogP contribution in [0.1, 0.15) is 24.5 Å². The molecule has 2 aromatic rings. The summed E-state index contributed by atoms with van der Waals surface area (Å²) in [5, 5.41) is 4.09. The molecule has 0 aliphatic carbocycles. The van der Waals surface area contributed by atoms with E-state index in [1.165, 1.54) is 0 Å². The van der Waals surface area contributed by atoms with Crippen molar-refractivity contribution in [2.75, 3.05) is 6.54 Å². The van der Waals surface area contributed by atoms with Crippen molar-refractivity contribution >= 4 is 11.6 Å². The van der Waals surface area contributed by atoms with E-state index in [0.29, 0.717) is 6.61 Å². The van der Waals surface area contributed by atoms with Gasteiger partial charge in [0, 0.05) is 35.1 Å². The summed E-state index contributed by atoms with van der Waals surface area (Å²) in [6, 6.07) is 9.62. The minimum absolute atomic E-state index is 0.510. The third-order valence-electron chi connectivity index (χ3n) is 2.88. The normalized spacial score (nSPS) is 10.5. The van der Waals surface area contributed by atoms with Gasteiger partial charge in [-0.2, -0.15) is 0 Å². The number of benzene rings is 1. The molecule has 0 spiro atoms. The lowest BCUT2D eigenvalue weighted by Crippen LogP contribution is -2.14. The van der Waals surface area contributed by atoms with E-state index in [-0.39, 0.29) is 0 Å². The molecule has 0 aliphatic heterocycles. The zero-order valence-electron chi connectivity index (χ0n) is 11.6. The van der Waals surface area contributed by atoms with Gasteiger partial charge >= 0.3 is 0 Å². The predicted octanol–water partition coefficient (Wildman–Crippen LogP) is 3.81. The Balaban J connectivity index is 2.02. The van der Waals surface area contributed by atoms with Crippen LogP contribution >= 0.6 is 11.6 Å². The van der Waals surface area contributed by atoms with Crippen molar-refractivity contribution < 1.29 is 4.74 Å². The fourth-order valence-corrected chi connectivity index (χ4v) is 2.07. The van der Waals surface area contributed by atoms with Crippen molar-refractivity contribution in [1.82, 2.24) is 10.3 Å². The SMILES string of the molecule is CCCNCc1cc(Cl)ccc1OCc1cccnc1. The van der Waals surface area contributed by atoms with Crippen LogP contribution in [0.15, 0.2) is 42.7 Å². The van der Waals surface area contributed by atoms with Gasteiger partial charge in [-0.15, -0.1) is 0 Å². The highest BCUT2D eigenvalue weighted by Gasteiger charge is 2.05. The number of rotatable bonds is 7. The lowest BCUT2D eigenvalue weighted by atomic mass is 10.2. The van der Waals surface area contributed by atoms with E-state index < -0.39 is 0 Å². The van der Waals surface area contributed by atoms with Crippen molar-refractivity contribution in [1.29, 1.82) is 0 Å². The van der Waals surface area contributed by atoms with Gasteiger partial charge in [-0.1, -0.05) is 24.6 Å². The van der Waals surface area contributed by atoms with Gasteiger partial charge in [0.25, 0.3) is 0 Å². The van der Waals surface area contributed by atoms with Gasteiger partial charge in [-0.05, 0) is 37.2 Å². The molecule has 0 radical (unpaired) electrons. The molecule has 0 bridgehead atoms. The molecule has 0 saturated heterocycles. The van der Waals surface area contributed by atoms with Crippen LogP contribution in [-0.2, 0) is 13.2 Å². The Labute approximate surface area is 124 Å². The molecule has 1 aromatic carbocycles. The number of nitrogens with one attached hydrogen (secondary N) is 1. The quantitative estimate of drug-likeness (QED) is 0.787. The molecule has 2 rings (SSSR count). The van der Waals surface area contributed by atoms with Crippen LogP contribution < -0.4 is 10.1 Å². The fraction of sp³-hybridized carbons (Fsp3) is 0.312. The first-order valence-corrected chi connectivity index (χ1v) is 7.18. The Morgan fingerprint density at radius 3 is 2.95 bits per heavy atom. The van der Waals surface area contributed by atoms with Gasteiger partial charge in [0.05, 0.1) is 0 Å². The fourth-order valence-electron chi connectivity index (χ4n) is 1.87. The molecule has 1 N–H and O–H groups in total. The molecule has 20 heavy (non-hydrogen) atoms. The van der Waals surface area contributed by atoms with E-state index in [4.69, 9.17) is 16.3 Å². The Bertz CT molecular complexity index is 531. The van der Waals surface area contributed by atoms with E-state index in [2.05, 4.69) is 17.2 Å². The van der Waals surface area contributed by atoms with E-state index in [1.807, 2.05) is 36.5 Å². The summed E-state index contributed by atoms with van der Waals surface area (Å²) in [5.74, 6) is 0.863. The molecule has 0 saturated carbocycles. The molecule has 0 amide bonds. The minimum atomic E-state index is 0.510. The molecule has 0 unspecified atom stereocenters. The van der Waals surface area contributed by atoms with Crippen LogP contribution in [0.25, 0.3) is 0 Å². The second kappa shape index (κ2) is 7.88. The topological polar surface area (TPSA) is 34.1 Å². The van der Waals surface area contributed by atoms with Crippen LogP contribution in [0, 0.1) is 0 Å². The van der Waals surface area contributed by atoms with Gasteiger partial charge < -0.3 is 10.1 Å². The Hall–Kier alpha value is -1.58. The second-order valence-corrected chi connectivity index (χ2v) is 5.02. The van der Waals surface area contributed by atoms with E-state index in [9.17, 15) is 0 Å². The molecule has 1 aromatic heterocycles. The molecule has 0 fully saturated rings. The summed E-state index contributed by atoms with van der Waals surface area (Å²) in [5.41, 5.74) is 2.13. The number of ether oxygens (including phenoxy) is 1. The summed E-state index contributed by atoms with van der Waals surface area (Å²) >= 11 is 6.05. The first kappa shape index (κ1) is 14.8. The number of nitrogens with zero attached hydrogens (tertiary/aromatic N) is 1. The zero-order valence-corrected chi connectivity index (χ0v) is 12.4. The first-order valence-electron chi connectivity index (χ1n) is 6.80. The van der Waals surface area contributed by atoms with Gasteiger partial charge in [-0.25, -0.2) is 0 Å². The van der Waals surface area contributed by atoms with E-state index in [1.54, 1.807) is 6.20 Å². The second-order valence-electron chi connectivity index (χ2n) is 4.58. The van der Waals surface area contributed by atoms with Crippen molar-refractivity contribution in [2.45, 2.75) is 26.5 Å². The largest absolute Gasteiger partial charge is 0.489 e. The number of pyridine rings is 1. The molecule has 0 aliphatic rings. The lowest BCUT2D eigenvalue weighted by Gasteiger charge is -2.12. The minimum Gasteiger partial charge on any atom is -0.489 e. The van der Waals surface area contributed by atoms with Crippen LogP contribution in [-0.4, -0.2) is 11.5 Å². The monoisotopic (exact) mass is 290 g/mol. The van der Waals surface area contributed by atoms with Gasteiger partial charge in [0.15, 0.2) is 0 Å². The highest BCUT2D eigenvalue weighted by atomic mass is 35.5. The maximum Gasteiger partial charge on any atom is 0.124 e. The van der Waals surface area contributed by atoms with E-state index in [0.717, 1.165) is 41.4 Å². The summed E-state index contributed by atoms with van der Waals surface area (Å²) < 4.78 is 5.87. The predicted molar refractivity (Wildman–Crippen MR) is 82.0 cm³/mol. The summed E-state index contributed by atoms with van der Waals surface area (Å²) in [6.45, 7) is 4.40. The van der Waals surface area contributed by atoms with Gasteiger partial charge in [-0.3, -0.25) is 4.98 Å². The van der Waals surface area contributed by atoms with Crippen molar-refractivity contribution in [3.8, 4) is 5.75 Å². The number of hydrogen-bond donors (Lipinski definition) is 1.